The van der Waals surface area contributed by atoms with E-state index in [1.165, 1.54) is 32.2 Å². The van der Waals surface area contributed by atoms with Crippen LogP contribution in [-0.4, -0.2) is 19.0 Å². The number of carboxylic acid groups (broad SMARTS) is 1. The molecule has 1 N–H and O–H groups in total. The van der Waals surface area contributed by atoms with Gasteiger partial charge in [-0.1, -0.05) is 12.1 Å². The summed E-state index contributed by atoms with van der Waals surface area (Å²) in [6, 6.07) is 9.27. The maximum absolute atomic E-state index is 13.3. The van der Waals surface area contributed by atoms with Crippen LogP contribution >= 0.6 is 22.6 Å². The highest BCUT2D eigenvalue weighted by atomic mass is 127. The Morgan fingerprint density at radius 3 is 2.63 bits per heavy atom. The van der Waals surface area contributed by atoms with Crippen molar-refractivity contribution in [3.8, 4) is 11.5 Å². The Balaban J connectivity index is 2.30. The molecule has 6 nitrogen and oxygen atoms in total. The topological polar surface area (TPSA) is 87.7 Å². The fourth-order valence-electron chi connectivity index (χ4n) is 2.25. The molecule has 0 aromatic heterocycles. The minimum Gasteiger partial charge on any atom is -0.543 e. The summed E-state index contributed by atoms with van der Waals surface area (Å²) < 4.78 is 25.0. The number of methoxy groups -OCH3 is 1. The summed E-state index contributed by atoms with van der Waals surface area (Å²) in [4.78, 5) is 22.3. The average molecular weight is 484 g/mol. The first-order chi connectivity index (χ1) is 12.8. The van der Waals surface area contributed by atoms with Crippen LogP contribution in [0, 0.1) is 9.39 Å². The van der Waals surface area contributed by atoms with E-state index in [0.717, 1.165) is 0 Å². The van der Waals surface area contributed by atoms with Gasteiger partial charge in [0.15, 0.2) is 11.5 Å². The van der Waals surface area contributed by atoms with Crippen molar-refractivity contribution >= 4 is 40.5 Å². The molecule has 0 spiro atoms. The molecule has 1 amide bonds. The number of benzene rings is 2. The highest BCUT2D eigenvalue weighted by Crippen LogP contribution is 2.35. The van der Waals surface area contributed by atoms with Crippen LogP contribution in [0.5, 0.6) is 11.5 Å². The summed E-state index contributed by atoms with van der Waals surface area (Å²) >= 11 is 2.02. The number of ether oxygens (including phenoxy) is 2. The third-order valence-electron chi connectivity index (χ3n) is 3.37. The van der Waals surface area contributed by atoms with Crippen molar-refractivity contribution in [3.05, 3.63) is 62.6 Å². The zero-order valence-corrected chi connectivity index (χ0v) is 16.7. The van der Waals surface area contributed by atoms with Gasteiger partial charge in [-0.05, 0) is 64.1 Å². The lowest BCUT2D eigenvalue weighted by Gasteiger charge is -2.15. The van der Waals surface area contributed by atoms with E-state index < -0.39 is 11.9 Å². The summed E-state index contributed by atoms with van der Waals surface area (Å²) in [7, 11) is 1.45. The van der Waals surface area contributed by atoms with E-state index in [2.05, 4.69) is 5.32 Å². The van der Waals surface area contributed by atoms with Gasteiger partial charge in [0.05, 0.1) is 22.3 Å². The van der Waals surface area contributed by atoms with Crippen LogP contribution in [0.3, 0.4) is 0 Å². The first kappa shape index (κ1) is 20.7. The number of nitrogens with one attached hydrogen (secondary N) is 1. The van der Waals surface area contributed by atoms with E-state index in [1.54, 1.807) is 24.3 Å². The van der Waals surface area contributed by atoms with E-state index in [-0.39, 0.29) is 18.1 Å². The molecule has 2 rings (SSSR count). The van der Waals surface area contributed by atoms with E-state index in [0.29, 0.717) is 26.2 Å². The average Bonchev–Trinajstić information content (AvgIpc) is 2.59. The number of halogens is 2. The zero-order valence-electron chi connectivity index (χ0n) is 14.5. The minimum absolute atomic E-state index is 0.134. The fraction of sp³-hybridized carbons (Fsp3) is 0.158. The smallest absolute Gasteiger partial charge is 0.221 e. The van der Waals surface area contributed by atoms with Gasteiger partial charge < -0.3 is 24.7 Å². The molecule has 8 heteroatoms. The Morgan fingerprint density at radius 1 is 1.30 bits per heavy atom. The lowest BCUT2D eigenvalue weighted by Crippen LogP contribution is -2.34. The van der Waals surface area contributed by atoms with Crippen LogP contribution in [0.15, 0.2) is 42.1 Å². The summed E-state index contributed by atoms with van der Waals surface area (Å²) in [5, 5.41) is 13.4. The van der Waals surface area contributed by atoms with Gasteiger partial charge >= 0.3 is 0 Å². The van der Waals surface area contributed by atoms with Crippen molar-refractivity contribution in [1.29, 1.82) is 0 Å². The first-order valence-corrected chi connectivity index (χ1v) is 8.83. The molecule has 142 valence electrons. The monoisotopic (exact) mass is 484 g/mol. The first-order valence-electron chi connectivity index (χ1n) is 7.75. The second kappa shape index (κ2) is 9.36. The van der Waals surface area contributed by atoms with E-state index in [9.17, 15) is 19.1 Å². The molecule has 0 bridgehead atoms. The van der Waals surface area contributed by atoms with Crippen molar-refractivity contribution in [3.63, 3.8) is 0 Å². The predicted octanol–water partition coefficient (Wildman–Crippen LogP) is 2.24. The third kappa shape index (κ3) is 5.95. The molecule has 0 radical (unpaired) electrons. The maximum atomic E-state index is 13.3. The van der Waals surface area contributed by atoms with E-state index in [1.807, 2.05) is 22.6 Å². The van der Waals surface area contributed by atoms with Crippen LogP contribution in [0.4, 0.5) is 4.39 Å². The summed E-state index contributed by atoms with van der Waals surface area (Å²) in [6.45, 7) is 1.33. The molecule has 2 aromatic carbocycles. The number of amides is 1. The molecule has 0 fully saturated rings. The summed E-state index contributed by atoms with van der Waals surface area (Å²) in [5.74, 6) is -1.59. The normalized spacial score (nSPS) is 11.0. The predicted molar refractivity (Wildman–Crippen MR) is 103 cm³/mol. The SMILES string of the molecule is COc1cc(/C=C(/NC(C)=O)C(=O)[O-])cc(I)c1OCc1cccc(F)c1. The second-order valence-corrected chi connectivity index (χ2v) is 6.64. The Hall–Kier alpha value is -2.62. The molecule has 0 saturated carbocycles. The number of carbonyl (C=O) groups is 2. The molecule has 0 aliphatic heterocycles. The third-order valence-corrected chi connectivity index (χ3v) is 4.17. The molecule has 27 heavy (non-hydrogen) atoms. The molecule has 0 unspecified atom stereocenters. The lowest BCUT2D eigenvalue weighted by atomic mass is 10.1. The molecular weight excluding hydrogens is 468 g/mol. The van der Waals surface area contributed by atoms with Crippen LogP contribution in [0.2, 0.25) is 0 Å². The standard InChI is InChI=1S/C19H17FINO5/c1-11(23)22-16(19(24)25)8-13-7-15(21)18(17(9-13)26-2)27-10-12-4-3-5-14(20)6-12/h3-9H,10H2,1-2H3,(H,22,23)(H,24,25)/p-1/b16-8+. The van der Waals surface area contributed by atoms with Gasteiger partial charge in [-0.3, -0.25) is 4.79 Å². The number of carboxylic acids is 1. The van der Waals surface area contributed by atoms with Crippen LogP contribution in [-0.2, 0) is 16.2 Å². The minimum atomic E-state index is -1.51. The molecule has 0 aliphatic rings. The van der Waals surface area contributed by atoms with Crippen LogP contribution < -0.4 is 19.9 Å². The fourth-order valence-corrected chi connectivity index (χ4v) is 3.03. The van der Waals surface area contributed by atoms with Crippen LogP contribution in [0.25, 0.3) is 6.08 Å². The number of hydrogen-bond donors (Lipinski definition) is 1. The molecule has 0 heterocycles. The number of carbonyl (C=O) groups excluding carboxylic acids is 2. The number of aliphatic carboxylic acids is 1. The maximum Gasteiger partial charge on any atom is 0.221 e. The van der Waals surface area contributed by atoms with Gasteiger partial charge in [-0.2, -0.15) is 0 Å². The van der Waals surface area contributed by atoms with Gasteiger partial charge in [0, 0.05) is 6.92 Å². The molecule has 0 atom stereocenters. The number of rotatable bonds is 7. The number of hydrogen-bond acceptors (Lipinski definition) is 5. The quantitative estimate of drug-likeness (QED) is 0.482. The van der Waals surface area contributed by atoms with Crippen LogP contribution in [0.1, 0.15) is 18.1 Å². The molecular formula is C19H16FINO5-. The Labute approximate surface area is 169 Å². The van der Waals surface area contributed by atoms with Crippen molar-refractivity contribution < 1.29 is 28.6 Å². The van der Waals surface area contributed by atoms with Crippen molar-refractivity contribution in [2.24, 2.45) is 0 Å². The lowest BCUT2D eigenvalue weighted by molar-refractivity contribution is -0.299. The van der Waals surface area contributed by atoms with Gasteiger partial charge in [0.2, 0.25) is 5.91 Å². The Morgan fingerprint density at radius 2 is 2.04 bits per heavy atom. The van der Waals surface area contributed by atoms with Gasteiger partial charge in [0.25, 0.3) is 0 Å². The van der Waals surface area contributed by atoms with E-state index in [4.69, 9.17) is 9.47 Å². The van der Waals surface area contributed by atoms with Crippen molar-refractivity contribution in [2.75, 3.05) is 7.11 Å². The zero-order chi connectivity index (χ0) is 20.0. The molecule has 0 saturated heterocycles. The summed E-state index contributed by atoms with van der Waals surface area (Å²) in [5.41, 5.74) is 0.762. The largest absolute Gasteiger partial charge is 0.543 e. The highest BCUT2D eigenvalue weighted by Gasteiger charge is 2.12. The molecule has 0 aliphatic carbocycles. The Bertz CT molecular complexity index is 898. The molecule has 2 aromatic rings. The second-order valence-electron chi connectivity index (χ2n) is 5.48. The summed E-state index contributed by atoms with van der Waals surface area (Å²) in [6.07, 6.45) is 1.26. The van der Waals surface area contributed by atoms with E-state index >= 15 is 0 Å². The Kier molecular flexibility index (Phi) is 7.17. The highest BCUT2D eigenvalue weighted by molar-refractivity contribution is 14.1. The van der Waals surface area contributed by atoms with Gasteiger partial charge in [0.1, 0.15) is 12.4 Å². The van der Waals surface area contributed by atoms with Crippen molar-refractivity contribution in [2.45, 2.75) is 13.5 Å². The van der Waals surface area contributed by atoms with Crippen molar-refractivity contribution in [1.82, 2.24) is 5.32 Å². The van der Waals surface area contributed by atoms with Gasteiger partial charge in [-0.25, -0.2) is 4.39 Å². The van der Waals surface area contributed by atoms with Gasteiger partial charge in [-0.15, -0.1) is 0 Å².